The molecular weight excluding hydrogens is 258 g/mol. The van der Waals surface area contributed by atoms with E-state index in [-0.39, 0.29) is 18.4 Å². The van der Waals surface area contributed by atoms with E-state index < -0.39 is 11.4 Å². The summed E-state index contributed by atoms with van der Waals surface area (Å²) in [6.45, 7) is 1.02. The number of carboxylic acids is 1. The lowest BCUT2D eigenvalue weighted by atomic mass is 9.88. The van der Waals surface area contributed by atoms with Crippen LogP contribution in [0.25, 0.3) is 0 Å². The molecule has 1 aliphatic carbocycles. The van der Waals surface area contributed by atoms with Crippen molar-refractivity contribution in [1.82, 2.24) is 4.90 Å². The number of ether oxygens (including phenoxy) is 1. The Morgan fingerprint density at radius 1 is 1.25 bits per heavy atom. The highest BCUT2D eigenvalue weighted by molar-refractivity contribution is 5.82. The predicted octanol–water partition coefficient (Wildman–Crippen LogP) is 1.91. The Bertz CT molecular complexity index is 363. The lowest BCUT2D eigenvalue weighted by Gasteiger charge is -2.26. The van der Waals surface area contributed by atoms with E-state index in [1.165, 1.54) is 20.0 Å². The van der Waals surface area contributed by atoms with Crippen molar-refractivity contribution in [2.75, 3.05) is 26.8 Å². The molecule has 1 unspecified atom stereocenters. The molecule has 0 aromatic rings. The molecule has 1 N–H and O–H groups in total. The molecule has 0 aromatic heterocycles. The fourth-order valence-corrected chi connectivity index (χ4v) is 3.48. The molecular formula is C15H25NO4. The number of hydrogen-bond donors (Lipinski definition) is 1. The first-order valence-electron chi connectivity index (χ1n) is 7.60. The molecule has 114 valence electrons. The standard InChI is InChI=1S/C15H25NO4/c1-20-11-15(14(18)19)8-9-16(10-15)13(17)12-6-4-2-3-5-7-12/h12H,2-11H2,1H3,(H,18,19). The van der Waals surface area contributed by atoms with Gasteiger partial charge >= 0.3 is 5.97 Å². The number of hydrogen-bond acceptors (Lipinski definition) is 3. The van der Waals surface area contributed by atoms with Crippen molar-refractivity contribution in [2.24, 2.45) is 11.3 Å². The Balaban J connectivity index is 2.00. The second-order valence-electron chi connectivity index (χ2n) is 6.22. The lowest BCUT2D eigenvalue weighted by Crippen LogP contribution is -2.41. The van der Waals surface area contributed by atoms with Gasteiger partial charge in [0, 0.05) is 26.1 Å². The second kappa shape index (κ2) is 6.57. The van der Waals surface area contributed by atoms with Crippen molar-refractivity contribution in [2.45, 2.75) is 44.9 Å². The Morgan fingerprint density at radius 3 is 2.45 bits per heavy atom. The maximum atomic E-state index is 12.6. The van der Waals surface area contributed by atoms with Crippen LogP contribution in [0, 0.1) is 11.3 Å². The molecule has 2 aliphatic rings. The van der Waals surface area contributed by atoms with Gasteiger partial charge in [-0.3, -0.25) is 9.59 Å². The third-order valence-electron chi connectivity index (χ3n) is 4.74. The minimum Gasteiger partial charge on any atom is -0.481 e. The van der Waals surface area contributed by atoms with E-state index in [0.29, 0.717) is 19.5 Å². The third kappa shape index (κ3) is 3.14. The SMILES string of the molecule is COCC1(C(=O)O)CCN(C(=O)C2CCCCCC2)C1. The molecule has 0 aromatic carbocycles. The number of carbonyl (C=O) groups excluding carboxylic acids is 1. The monoisotopic (exact) mass is 283 g/mol. The number of methoxy groups -OCH3 is 1. The molecule has 1 amide bonds. The first-order valence-corrected chi connectivity index (χ1v) is 7.60. The van der Waals surface area contributed by atoms with Crippen LogP contribution in [0.3, 0.4) is 0 Å². The van der Waals surface area contributed by atoms with Crippen LogP contribution in [0.15, 0.2) is 0 Å². The minimum absolute atomic E-state index is 0.102. The Hall–Kier alpha value is -1.10. The van der Waals surface area contributed by atoms with E-state index in [1.54, 1.807) is 4.90 Å². The van der Waals surface area contributed by atoms with Crippen LogP contribution in [0.1, 0.15) is 44.9 Å². The van der Waals surface area contributed by atoms with Gasteiger partial charge in [0.2, 0.25) is 5.91 Å². The van der Waals surface area contributed by atoms with Crippen LogP contribution < -0.4 is 0 Å². The van der Waals surface area contributed by atoms with E-state index in [9.17, 15) is 14.7 Å². The topological polar surface area (TPSA) is 66.8 Å². The average Bonchev–Trinajstić information content (AvgIpc) is 2.68. The zero-order chi connectivity index (χ0) is 14.6. The molecule has 0 spiro atoms. The lowest BCUT2D eigenvalue weighted by molar-refractivity contribution is -0.152. The summed E-state index contributed by atoms with van der Waals surface area (Å²) in [6.07, 6.45) is 7.08. The first kappa shape index (κ1) is 15.3. The van der Waals surface area contributed by atoms with E-state index >= 15 is 0 Å². The van der Waals surface area contributed by atoms with E-state index in [2.05, 4.69) is 0 Å². The molecule has 1 aliphatic heterocycles. The highest BCUT2D eigenvalue weighted by Crippen LogP contribution is 2.34. The Kier molecular flexibility index (Phi) is 5.02. The van der Waals surface area contributed by atoms with Crippen LogP contribution in [0.4, 0.5) is 0 Å². The number of aliphatic carboxylic acids is 1. The summed E-state index contributed by atoms with van der Waals surface area (Å²) in [6, 6.07) is 0. The number of carboxylic acid groups (broad SMARTS) is 1. The third-order valence-corrected chi connectivity index (χ3v) is 4.74. The summed E-state index contributed by atoms with van der Waals surface area (Å²) in [7, 11) is 1.51. The van der Waals surface area contributed by atoms with Crippen molar-refractivity contribution in [1.29, 1.82) is 0 Å². The van der Waals surface area contributed by atoms with Crippen molar-refractivity contribution < 1.29 is 19.4 Å². The molecule has 1 atom stereocenters. The predicted molar refractivity (Wildman–Crippen MR) is 74.3 cm³/mol. The highest BCUT2D eigenvalue weighted by Gasteiger charge is 2.47. The summed E-state index contributed by atoms with van der Waals surface area (Å²) in [5.41, 5.74) is -0.908. The zero-order valence-electron chi connectivity index (χ0n) is 12.3. The fourth-order valence-electron chi connectivity index (χ4n) is 3.48. The zero-order valence-corrected chi connectivity index (χ0v) is 12.3. The molecule has 20 heavy (non-hydrogen) atoms. The highest BCUT2D eigenvalue weighted by atomic mass is 16.5. The first-order chi connectivity index (χ1) is 9.59. The smallest absolute Gasteiger partial charge is 0.313 e. The van der Waals surface area contributed by atoms with Crippen LogP contribution in [-0.4, -0.2) is 48.7 Å². The maximum Gasteiger partial charge on any atom is 0.313 e. The summed E-state index contributed by atoms with van der Waals surface area (Å²) in [4.78, 5) is 25.8. The van der Waals surface area contributed by atoms with Gasteiger partial charge in [0.15, 0.2) is 0 Å². The number of carbonyl (C=O) groups is 2. The normalized spacial score (nSPS) is 28.4. The molecule has 2 rings (SSSR count). The fraction of sp³-hybridized carbons (Fsp3) is 0.867. The van der Waals surface area contributed by atoms with Gasteiger partial charge in [0.05, 0.1) is 6.61 Å². The molecule has 5 heteroatoms. The van der Waals surface area contributed by atoms with E-state index in [1.807, 2.05) is 0 Å². The average molecular weight is 283 g/mol. The van der Waals surface area contributed by atoms with Crippen LogP contribution >= 0.6 is 0 Å². The van der Waals surface area contributed by atoms with Crippen LogP contribution in [0.2, 0.25) is 0 Å². The van der Waals surface area contributed by atoms with Gasteiger partial charge < -0.3 is 14.7 Å². The van der Waals surface area contributed by atoms with Gasteiger partial charge in [0.1, 0.15) is 5.41 Å². The molecule has 5 nitrogen and oxygen atoms in total. The molecule has 1 saturated heterocycles. The van der Waals surface area contributed by atoms with E-state index in [4.69, 9.17) is 4.74 Å². The molecule has 1 saturated carbocycles. The van der Waals surface area contributed by atoms with Crippen LogP contribution in [0.5, 0.6) is 0 Å². The van der Waals surface area contributed by atoms with Crippen molar-refractivity contribution in [3.63, 3.8) is 0 Å². The Morgan fingerprint density at radius 2 is 1.90 bits per heavy atom. The van der Waals surface area contributed by atoms with Gasteiger partial charge in [-0.15, -0.1) is 0 Å². The number of nitrogens with zero attached hydrogens (tertiary/aromatic N) is 1. The van der Waals surface area contributed by atoms with Crippen molar-refractivity contribution in [3.8, 4) is 0 Å². The molecule has 2 fully saturated rings. The number of amides is 1. The van der Waals surface area contributed by atoms with Gasteiger partial charge in [-0.05, 0) is 19.3 Å². The van der Waals surface area contributed by atoms with Gasteiger partial charge in [-0.2, -0.15) is 0 Å². The summed E-state index contributed by atoms with van der Waals surface area (Å²) in [5, 5.41) is 9.43. The summed E-state index contributed by atoms with van der Waals surface area (Å²) < 4.78 is 5.07. The molecule has 0 bridgehead atoms. The van der Waals surface area contributed by atoms with Crippen LogP contribution in [-0.2, 0) is 14.3 Å². The minimum atomic E-state index is -0.908. The van der Waals surface area contributed by atoms with Crippen molar-refractivity contribution >= 4 is 11.9 Å². The maximum absolute atomic E-state index is 12.6. The van der Waals surface area contributed by atoms with Crippen molar-refractivity contribution in [3.05, 3.63) is 0 Å². The number of rotatable bonds is 4. The number of likely N-dealkylation sites (tertiary alicyclic amines) is 1. The summed E-state index contributed by atoms with van der Waals surface area (Å²) >= 11 is 0. The molecule has 0 radical (unpaired) electrons. The van der Waals surface area contributed by atoms with Gasteiger partial charge in [0.25, 0.3) is 0 Å². The molecule has 1 heterocycles. The quantitative estimate of drug-likeness (QED) is 0.800. The van der Waals surface area contributed by atoms with E-state index in [0.717, 1.165) is 25.7 Å². The van der Waals surface area contributed by atoms with Gasteiger partial charge in [-0.25, -0.2) is 0 Å². The second-order valence-corrected chi connectivity index (χ2v) is 6.22. The largest absolute Gasteiger partial charge is 0.481 e. The van der Waals surface area contributed by atoms with Gasteiger partial charge in [-0.1, -0.05) is 25.7 Å². The summed E-state index contributed by atoms with van der Waals surface area (Å²) in [5.74, 6) is -0.591. The Labute approximate surface area is 120 Å².